The molecule has 5 nitrogen and oxygen atoms in total. The van der Waals surface area contributed by atoms with Crippen LogP contribution in [0.4, 0.5) is 4.79 Å². The van der Waals surface area contributed by atoms with Gasteiger partial charge in [0.05, 0.1) is 0 Å². The number of carbonyl (C=O) groups excluding carboxylic acids is 1. The Kier molecular flexibility index (Phi) is 4.48. The van der Waals surface area contributed by atoms with E-state index in [4.69, 9.17) is 4.74 Å². The molecule has 3 atom stereocenters. The maximum absolute atomic E-state index is 12.3. The van der Waals surface area contributed by atoms with E-state index in [-0.39, 0.29) is 6.09 Å². The van der Waals surface area contributed by atoms with Crippen LogP contribution in [0.25, 0.3) is 0 Å². The molecule has 23 heavy (non-hydrogen) atoms. The molecule has 0 radical (unpaired) electrons. The summed E-state index contributed by atoms with van der Waals surface area (Å²) in [5.41, 5.74) is -1.33. The molecule has 3 rings (SSSR count). The normalized spacial score (nSPS) is 31.1. The van der Waals surface area contributed by atoms with E-state index >= 15 is 0 Å². The van der Waals surface area contributed by atoms with Gasteiger partial charge in [-0.15, -0.1) is 11.3 Å². The zero-order valence-electron chi connectivity index (χ0n) is 13.7. The zero-order valence-corrected chi connectivity index (χ0v) is 16.1. The van der Waals surface area contributed by atoms with Crippen molar-refractivity contribution in [1.29, 1.82) is 0 Å². The summed E-state index contributed by atoms with van der Waals surface area (Å²) < 4.78 is 6.25. The van der Waals surface area contributed by atoms with E-state index in [2.05, 4.69) is 20.9 Å². The Labute approximate surface area is 149 Å². The molecule has 3 unspecified atom stereocenters. The predicted molar refractivity (Wildman–Crippen MR) is 92.3 cm³/mol. The minimum atomic E-state index is -0.859. The van der Waals surface area contributed by atoms with E-state index in [9.17, 15) is 9.90 Å². The number of fused-ring (bicyclic) bond motifs is 1. The Morgan fingerprint density at radius 1 is 1.48 bits per heavy atom. The van der Waals surface area contributed by atoms with Crippen molar-refractivity contribution in [2.45, 2.75) is 51.2 Å². The summed E-state index contributed by atoms with van der Waals surface area (Å²) in [6, 6.07) is 0. The van der Waals surface area contributed by atoms with Crippen molar-refractivity contribution in [2.24, 2.45) is 11.8 Å². The number of aliphatic hydroxyl groups is 1. The number of rotatable bonds is 1. The van der Waals surface area contributed by atoms with Crippen LogP contribution >= 0.6 is 27.3 Å². The van der Waals surface area contributed by atoms with Crippen molar-refractivity contribution >= 4 is 33.4 Å². The number of hydrogen-bond donors (Lipinski definition) is 1. The number of likely N-dealkylation sites (tertiary alicyclic amines) is 1. The minimum Gasteiger partial charge on any atom is -0.444 e. The lowest BCUT2D eigenvalue weighted by atomic mass is 9.73. The lowest BCUT2D eigenvalue weighted by Gasteiger charge is -2.36. The Hall–Kier alpha value is -0.660. The summed E-state index contributed by atoms with van der Waals surface area (Å²) in [5.74, 6) is 0.759. The van der Waals surface area contributed by atoms with Gasteiger partial charge in [-0.1, -0.05) is 0 Å². The van der Waals surface area contributed by atoms with Gasteiger partial charge in [0.15, 0.2) is 0 Å². The van der Waals surface area contributed by atoms with Crippen molar-refractivity contribution in [2.75, 3.05) is 13.1 Å². The Morgan fingerprint density at radius 2 is 2.17 bits per heavy atom. The van der Waals surface area contributed by atoms with Crippen LogP contribution in [0.2, 0.25) is 0 Å². The van der Waals surface area contributed by atoms with Crippen LogP contribution in [0.15, 0.2) is 9.98 Å². The molecular formula is C16H23BrN2O3S. The lowest BCUT2D eigenvalue weighted by molar-refractivity contribution is -0.0305. The monoisotopic (exact) mass is 402 g/mol. The van der Waals surface area contributed by atoms with Gasteiger partial charge in [-0.25, -0.2) is 9.78 Å². The molecule has 1 aliphatic carbocycles. The van der Waals surface area contributed by atoms with Crippen LogP contribution in [0, 0.1) is 11.8 Å². The molecule has 0 spiro atoms. The minimum absolute atomic E-state index is 0.243. The summed E-state index contributed by atoms with van der Waals surface area (Å²) in [5, 5.41) is 13.7. The van der Waals surface area contributed by atoms with E-state index in [0.29, 0.717) is 31.2 Å². The molecule has 1 aromatic rings. The van der Waals surface area contributed by atoms with Crippen molar-refractivity contribution in [3.05, 3.63) is 15.0 Å². The summed E-state index contributed by atoms with van der Waals surface area (Å²) in [6.07, 6.45) is 2.04. The van der Waals surface area contributed by atoms with Gasteiger partial charge in [0.25, 0.3) is 0 Å². The Balaban J connectivity index is 1.67. The summed E-state index contributed by atoms with van der Waals surface area (Å²) in [4.78, 5) is 18.5. The first-order valence-corrected chi connectivity index (χ1v) is 9.65. The first kappa shape index (κ1) is 17.2. The van der Waals surface area contributed by atoms with E-state index < -0.39 is 11.2 Å². The highest BCUT2D eigenvalue weighted by Crippen LogP contribution is 2.46. The zero-order chi connectivity index (χ0) is 16.8. The van der Waals surface area contributed by atoms with Gasteiger partial charge in [-0.2, -0.15) is 0 Å². The summed E-state index contributed by atoms with van der Waals surface area (Å²) >= 11 is 4.85. The topological polar surface area (TPSA) is 62.7 Å². The average molecular weight is 403 g/mol. The fraction of sp³-hybridized carbons (Fsp3) is 0.750. The fourth-order valence-electron chi connectivity index (χ4n) is 3.59. The largest absolute Gasteiger partial charge is 0.444 e. The fourth-order valence-corrected chi connectivity index (χ4v) is 4.99. The molecule has 1 amide bonds. The van der Waals surface area contributed by atoms with Gasteiger partial charge in [-0.3, -0.25) is 0 Å². The molecule has 128 valence electrons. The molecule has 0 aromatic carbocycles. The molecule has 1 aromatic heterocycles. The number of amides is 1. The number of carbonyl (C=O) groups is 1. The number of hydrogen-bond acceptors (Lipinski definition) is 5. The number of halogens is 1. The number of aromatic nitrogens is 1. The van der Waals surface area contributed by atoms with E-state index in [1.807, 2.05) is 26.2 Å². The van der Waals surface area contributed by atoms with Crippen molar-refractivity contribution in [3.63, 3.8) is 0 Å². The quantitative estimate of drug-likeness (QED) is 0.776. The third-order valence-corrected chi connectivity index (χ3v) is 6.38. The van der Waals surface area contributed by atoms with Crippen LogP contribution < -0.4 is 0 Å². The van der Waals surface area contributed by atoms with Gasteiger partial charge >= 0.3 is 6.09 Å². The second kappa shape index (κ2) is 6.01. The second-order valence-corrected chi connectivity index (χ2v) is 9.33. The highest BCUT2D eigenvalue weighted by Gasteiger charge is 2.47. The van der Waals surface area contributed by atoms with Gasteiger partial charge < -0.3 is 14.7 Å². The maximum Gasteiger partial charge on any atom is 0.410 e. The third kappa shape index (κ3) is 3.72. The van der Waals surface area contributed by atoms with Crippen molar-refractivity contribution < 1.29 is 14.6 Å². The lowest BCUT2D eigenvalue weighted by Crippen LogP contribution is -2.37. The Morgan fingerprint density at radius 3 is 2.78 bits per heavy atom. The number of nitrogens with zero attached hydrogens (tertiary/aromatic N) is 2. The Bertz CT molecular complexity index is 600. The summed E-state index contributed by atoms with van der Waals surface area (Å²) in [6.45, 7) is 7.04. The molecule has 1 saturated carbocycles. The van der Waals surface area contributed by atoms with Crippen LogP contribution in [0.1, 0.15) is 45.0 Å². The average Bonchev–Trinajstić information content (AvgIpc) is 3.02. The van der Waals surface area contributed by atoms with Gasteiger partial charge in [-0.05, 0) is 67.8 Å². The number of ether oxygens (including phenoxy) is 1. The van der Waals surface area contributed by atoms with Gasteiger partial charge in [0.2, 0.25) is 0 Å². The molecule has 1 aliphatic heterocycles. The van der Waals surface area contributed by atoms with E-state index in [1.54, 1.807) is 4.90 Å². The van der Waals surface area contributed by atoms with Crippen LogP contribution in [-0.4, -0.2) is 39.8 Å². The second-order valence-electron chi connectivity index (χ2n) is 7.66. The van der Waals surface area contributed by atoms with Crippen LogP contribution in [-0.2, 0) is 10.3 Å². The molecule has 0 bridgehead atoms. The van der Waals surface area contributed by atoms with Crippen LogP contribution in [0.3, 0.4) is 0 Å². The smallest absolute Gasteiger partial charge is 0.410 e. The van der Waals surface area contributed by atoms with Crippen molar-refractivity contribution in [3.8, 4) is 0 Å². The van der Waals surface area contributed by atoms with Gasteiger partial charge in [0.1, 0.15) is 20.8 Å². The first-order valence-electron chi connectivity index (χ1n) is 7.98. The molecule has 2 heterocycles. The van der Waals surface area contributed by atoms with E-state index in [1.165, 1.54) is 11.3 Å². The highest BCUT2D eigenvalue weighted by atomic mass is 79.9. The summed E-state index contributed by atoms with van der Waals surface area (Å²) in [7, 11) is 0. The third-order valence-electron chi connectivity index (χ3n) is 4.63. The number of thiazole rings is 1. The standard InChI is InChI=1S/C16H23BrN2O3S/c1-15(2,3)22-14(20)19-7-10-4-5-16(21,6-11(10)8-19)13-18-12(17)9-23-13/h9-11,21H,4-8H2,1-3H3. The SMILES string of the molecule is CC(C)(C)OC(=O)N1CC2CCC(O)(c3nc(Br)cs3)CC2C1. The predicted octanol–water partition coefficient (Wildman–Crippen LogP) is 3.76. The maximum atomic E-state index is 12.3. The molecular weight excluding hydrogens is 380 g/mol. The molecule has 1 N–H and O–H groups in total. The molecule has 7 heteroatoms. The first-order chi connectivity index (χ1) is 10.7. The van der Waals surface area contributed by atoms with Crippen molar-refractivity contribution in [1.82, 2.24) is 9.88 Å². The molecule has 1 saturated heterocycles. The van der Waals surface area contributed by atoms with Gasteiger partial charge in [0, 0.05) is 18.5 Å². The molecule has 2 aliphatic rings. The highest BCUT2D eigenvalue weighted by molar-refractivity contribution is 9.10. The van der Waals surface area contributed by atoms with Crippen LogP contribution in [0.5, 0.6) is 0 Å². The van der Waals surface area contributed by atoms with E-state index in [0.717, 1.165) is 22.6 Å². The molecule has 2 fully saturated rings.